The Morgan fingerprint density at radius 1 is 1.16 bits per heavy atom. The summed E-state index contributed by atoms with van der Waals surface area (Å²) in [5.74, 6) is 0. The molecule has 3 heteroatoms. The summed E-state index contributed by atoms with van der Waals surface area (Å²) in [7, 11) is 0. The van der Waals surface area contributed by atoms with Crippen molar-refractivity contribution in [1.29, 1.82) is 0 Å². The number of aromatic nitrogens is 2. The molecule has 1 aromatic heterocycles. The lowest BCUT2D eigenvalue weighted by atomic mass is 9.87. The van der Waals surface area contributed by atoms with Crippen molar-refractivity contribution >= 4 is 0 Å². The minimum atomic E-state index is -0.353. The van der Waals surface area contributed by atoms with Gasteiger partial charge >= 0.3 is 0 Å². The van der Waals surface area contributed by atoms with E-state index in [0.29, 0.717) is 0 Å². The lowest BCUT2D eigenvalue weighted by Crippen LogP contribution is -2.35. The summed E-state index contributed by atoms with van der Waals surface area (Å²) in [6, 6.07) is 8.61. The van der Waals surface area contributed by atoms with Gasteiger partial charge in [0, 0.05) is 18.3 Å². The zero-order chi connectivity index (χ0) is 13.9. The number of aryl methyl sites for hydroxylation is 2. The molecular formula is C16H23N3. The molecule has 2 N–H and O–H groups in total. The quantitative estimate of drug-likeness (QED) is 0.895. The van der Waals surface area contributed by atoms with Gasteiger partial charge in [-0.2, -0.15) is 5.10 Å². The third-order valence-corrected chi connectivity index (χ3v) is 3.60. The molecule has 2 aromatic rings. The molecule has 0 radical (unpaired) electrons. The second-order valence-corrected chi connectivity index (χ2v) is 5.35. The summed E-state index contributed by atoms with van der Waals surface area (Å²) in [5, 5.41) is 4.30. The summed E-state index contributed by atoms with van der Waals surface area (Å²) in [4.78, 5) is 0. The molecule has 102 valence electrons. The van der Waals surface area contributed by atoms with Crippen LogP contribution >= 0.6 is 0 Å². The van der Waals surface area contributed by atoms with Gasteiger partial charge < -0.3 is 5.73 Å². The van der Waals surface area contributed by atoms with Crippen molar-refractivity contribution < 1.29 is 0 Å². The Kier molecular flexibility index (Phi) is 4.05. The number of nitrogens with zero attached hydrogens (tertiary/aromatic N) is 2. The van der Waals surface area contributed by atoms with E-state index in [-0.39, 0.29) is 5.54 Å². The van der Waals surface area contributed by atoms with Crippen LogP contribution in [0.5, 0.6) is 0 Å². The van der Waals surface area contributed by atoms with Crippen molar-refractivity contribution in [2.75, 3.05) is 0 Å². The third kappa shape index (κ3) is 3.24. The molecule has 1 unspecified atom stereocenters. The van der Waals surface area contributed by atoms with E-state index in [9.17, 15) is 0 Å². The topological polar surface area (TPSA) is 43.8 Å². The fraction of sp³-hybridized carbons (Fsp3) is 0.438. The lowest BCUT2D eigenvalue weighted by molar-refractivity contribution is 0.491. The van der Waals surface area contributed by atoms with Crippen LogP contribution in [0, 0.1) is 0 Å². The zero-order valence-corrected chi connectivity index (χ0v) is 12.1. The van der Waals surface area contributed by atoms with Gasteiger partial charge in [-0.15, -0.1) is 0 Å². The molecule has 0 aliphatic rings. The third-order valence-electron chi connectivity index (χ3n) is 3.60. The maximum absolute atomic E-state index is 6.48. The highest BCUT2D eigenvalue weighted by Gasteiger charge is 2.22. The molecule has 0 aliphatic heterocycles. The largest absolute Gasteiger partial charge is 0.321 e. The van der Waals surface area contributed by atoms with Crippen molar-refractivity contribution in [2.45, 2.75) is 45.7 Å². The fourth-order valence-electron chi connectivity index (χ4n) is 2.32. The number of nitrogens with two attached hydrogens (primary N) is 1. The smallest absolute Gasteiger partial charge is 0.0522 e. The minimum Gasteiger partial charge on any atom is -0.321 e. The lowest BCUT2D eigenvalue weighted by Gasteiger charge is -2.25. The van der Waals surface area contributed by atoms with E-state index in [1.165, 1.54) is 16.7 Å². The second-order valence-electron chi connectivity index (χ2n) is 5.35. The number of rotatable bonds is 5. The van der Waals surface area contributed by atoms with Gasteiger partial charge in [0.1, 0.15) is 0 Å². The molecule has 1 heterocycles. The molecule has 0 spiro atoms. The molecule has 3 nitrogen and oxygen atoms in total. The van der Waals surface area contributed by atoms with Crippen LogP contribution in [0.2, 0.25) is 0 Å². The first kappa shape index (κ1) is 13.8. The fourth-order valence-corrected chi connectivity index (χ4v) is 2.32. The van der Waals surface area contributed by atoms with Gasteiger partial charge in [-0.25, -0.2) is 0 Å². The van der Waals surface area contributed by atoms with E-state index < -0.39 is 0 Å². The van der Waals surface area contributed by atoms with Gasteiger partial charge in [0.15, 0.2) is 0 Å². The van der Waals surface area contributed by atoms with Crippen LogP contribution in [0.15, 0.2) is 36.7 Å². The summed E-state index contributed by atoms with van der Waals surface area (Å²) < 4.78 is 1.94. The van der Waals surface area contributed by atoms with Gasteiger partial charge in [-0.1, -0.05) is 31.2 Å². The van der Waals surface area contributed by atoms with Crippen LogP contribution in [-0.2, 0) is 24.9 Å². The first-order chi connectivity index (χ1) is 9.05. The van der Waals surface area contributed by atoms with Crippen molar-refractivity contribution in [2.24, 2.45) is 5.73 Å². The highest BCUT2D eigenvalue weighted by molar-refractivity contribution is 5.29. The molecule has 0 aliphatic carbocycles. The Bertz CT molecular complexity index is 523. The minimum absolute atomic E-state index is 0.353. The monoisotopic (exact) mass is 257 g/mol. The Balaban J connectivity index is 2.16. The predicted octanol–water partition coefficient (Wildman–Crippen LogP) is 2.88. The van der Waals surface area contributed by atoms with E-state index in [1.54, 1.807) is 0 Å². The van der Waals surface area contributed by atoms with E-state index >= 15 is 0 Å². The maximum atomic E-state index is 6.48. The SMILES string of the molecule is CCc1ccc(C(C)(N)Cc2cnn(CC)c2)cc1. The van der Waals surface area contributed by atoms with E-state index in [1.807, 2.05) is 10.9 Å². The van der Waals surface area contributed by atoms with Crippen molar-refractivity contribution in [3.63, 3.8) is 0 Å². The molecule has 0 bridgehead atoms. The first-order valence-corrected chi connectivity index (χ1v) is 6.94. The Morgan fingerprint density at radius 3 is 2.37 bits per heavy atom. The van der Waals surface area contributed by atoms with Crippen LogP contribution in [0.3, 0.4) is 0 Å². The second kappa shape index (κ2) is 5.57. The molecule has 0 saturated carbocycles. The Hall–Kier alpha value is -1.61. The van der Waals surface area contributed by atoms with Gasteiger partial charge in [0.2, 0.25) is 0 Å². The molecular weight excluding hydrogens is 234 g/mol. The van der Waals surface area contributed by atoms with Gasteiger partial charge in [0.05, 0.1) is 6.20 Å². The van der Waals surface area contributed by atoms with Gasteiger partial charge in [-0.3, -0.25) is 4.68 Å². The van der Waals surface area contributed by atoms with Crippen molar-refractivity contribution in [3.8, 4) is 0 Å². The molecule has 2 rings (SSSR count). The van der Waals surface area contributed by atoms with E-state index in [0.717, 1.165) is 19.4 Å². The highest BCUT2D eigenvalue weighted by Crippen LogP contribution is 2.23. The number of benzene rings is 1. The van der Waals surface area contributed by atoms with Crippen molar-refractivity contribution in [1.82, 2.24) is 9.78 Å². The van der Waals surface area contributed by atoms with Gasteiger partial charge in [0.25, 0.3) is 0 Å². The van der Waals surface area contributed by atoms with Crippen LogP contribution in [0.4, 0.5) is 0 Å². The van der Waals surface area contributed by atoms with E-state index in [2.05, 4.69) is 56.3 Å². The Labute approximate surface area is 115 Å². The number of hydrogen-bond donors (Lipinski definition) is 1. The predicted molar refractivity (Wildman–Crippen MR) is 79.0 cm³/mol. The van der Waals surface area contributed by atoms with Crippen LogP contribution in [0.25, 0.3) is 0 Å². The number of hydrogen-bond acceptors (Lipinski definition) is 2. The molecule has 0 amide bonds. The molecule has 0 fully saturated rings. The normalized spacial score (nSPS) is 14.3. The summed E-state index contributed by atoms with van der Waals surface area (Å²) >= 11 is 0. The standard InChI is InChI=1S/C16H23N3/c1-4-13-6-8-15(9-7-13)16(3,17)10-14-11-18-19(5-2)12-14/h6-9,11-12H,4-5,10,17H2,1-3H3. The van der Waals surface area contributed by atoms with Crippen LogP contribution in [0.1, 0.15) is 37.5 Å². The summed E-state index contributed by atoms with van der Waals surface area (Å²) in [5.41, 5.74) is 9.83. The first-order valence-electron chi connectivity index (χ1n) is 6.94. The average Bonchev–Trinajstić information content (AvgIpc) is 2.85. The maximum Gasteiger partial charge on any atom is 0.0522 e. The summed E-state index contributed by atoms with van der Waals surface area (Å²) in [6.45, 7) is 7.22. The summed E-state index contributed by atoms with van der Waals surface area (Å²) in [6.07, 6.45) is 5.85. The Morgan fingerprint density at radius 2 is 1.84 bits per heavy atom. The van der Waals surface area contributed by atoms with Crippen LogP contribution < -0.4 is 5.73 Å². The molecule has 0 saturated heterocycles. The average molecular weight is 257 g/mol. The van der Waals surface area contributed by atoms with Gasteiger partial charge in [-0.05, 0) is 43.4 Å². The van der Waals surface area contributed by atoms with E-state index in [4.69, 9.17) is 5.73 Å². The molecule has 1 atom stereocenters. The van der Waals surface area contributed by atoms with Crippen molar-refractivity contribution in [3.05, 3.63) is 53.3 Å². The molecule has 1 aromatic carbocycles. The molecule has 19 heavy (non-hydrogen) atoms. The zero-order valence-electron chi connectivity index (χ0n) is 12.1. The highest BCUT2D eigenvalue weighted by atomic mass is 15.3. The van der Waals surface area contributed by atoms with Crippen LogP contribution in [-0.4, -0.2) is 9.78 Å².